The number of anilines is 1. The van der Waals surface area contributed by atoms with Gasteiger partial charge in [0, 0.05) is 5.69 Å². The fourth-order valence-corrected chi connectivity index (χ4v) is 2.65. The van der Waals surface area contributed by atoms with Crippen molar-refractivity contribution in [1.82, 2.24) is 0 Å². The van der Waals surface area contributed by atoms with E-state index in [1.54, 1.807) is 6.07 Å². The number of hydrogen-bond acceptors (Lipinski definition) is 1. The highest BCUT2D eigenvalue weighted by Crippen LogP contribution is 2.35. The molecule has 0 saturated heterocycles. The maximum atomic E-state index is 13.2. The minimum absolute atomic E-state index is 0.155. The lowest BCUT2D eigenvalue weighted by Crippen LogP contribution is -2.07. The number of halogens is 1. The van der Waals surface area contributed by atoms with Gasteiger partial charge < -0.3 is 5.32 Å². The minimum Gasteiger partial charge on any atom is -0.378 e. The van der Waals surface area contributed by atoms with Gasteiger partial charge in [-0.3, -0.25) is 0 Å². The van der Waals surface area contributed by atoms with Crippen LogP contribution in [0.25, 0.3) is 0 Å². The van der Waals surface area contributed by atoms with E-state index in [0.29, 0.717) is 0 Å². The summed E-state index contributed by atoms with van der Waals surface area (Å²) in [5.41, 5.74) is 5.99. The molecule has 1 unspecified atom stereocenters. The minimum atomic E-state index is -0.155. The Hall–Kier alpha value is -1.83. The maximum absolute atomic E-state index is 13.2. The van der Waals surface area contributed by atoms with Crippen molar-refractivity contribution >= 4 is 5.69 Å². The Morgan fingerprint density at radius 1 is 1.11 bits per heavy atom. The van der Waals surface area contributed by atoms with Gasteiger partial charge >= 0.3 is 0 Å². The van der Waals surface area contributed by atoms with Crippen LogP contribution in [0.5, 0.6) is 0 Å². The summed E-state index contributed by atoms with van der Waals surface area (Å²) in [5.74, 6) is -0.155. The molecule has 0 radical (unpaired) electrons. The van der Waals surface area contributed by atoms with Crippen molar-refractivity contribution < 1.29 is 4.39 Å². The highest BCUT2D eigenvalue weighted by atomic mass is 19.1. The molecule has 2 aromatic carbocycles. The van der Waals surface area contributed by atoms with Crippen LogP contribution in [0.1, 0.15) is 28.3 Å². The number of benzene rings is 2. The molecule has 3 rings (SSSR count). The third-order valence-corrected chi connectivity index (χ3v) is 3.63. The molecular formula is C16H16FN. The van der Waals surface area contributed by atoms with Crippen molar-refractivity contribution in [3.05, 3.63) is 64.5 Å². The summed E-state index contributed by atoms with van der Waals surface area (Å²) < 4.78 is 13.2. The van der Waals surface area contributed by atoms with Crippen LogP contribution in [0.15, 0.2) is 36.4 Å². The third-order valence-electron chi connectivity index (χ3n) is 3.63. The van der Waals surface area contributed by atoms with E-state index in [-0.39, 0.29) is 11.9 Å². The lowest BCUT2D eigenvalue weighted by atomic mass is 9.97. The van der Waals surface area contributed by atoms with E-state index in [1.807, 2.05) is 6.07 Å². The van der Waals surface area contributed by atoms with Crippen LogP contribution in [-0.4, -0.2) is 0 Å². The van der Waals surface area contributed by atoms with E-state index in [4.69, 9.17) is 0 Å². The van der Waals surface area contributed by atoms with Crippen molar-refractivity contribution in [3.8, 4) is 0 Å². The van der Waals surface area contributed by atoms with Gasteiger partial charge in [0.15, 0.2) is 0 Å². The highest BCUT2D eigenvalue weighted by Gasteiger charge is 2.23. The Morgan fingerprint density at radius 3 is 2.78 bits per heavy atom. The van der Waals surface area contributed by atoms with Crippen LogP contribution in [0.2, 0.25) is 0 Å². The second-order valence-electron chi connectivity index (χ2n) is 5.06. The molecule has 0 fully saturated rings. The molecule has 1 heterocycles. The third kappa shape index (κ3) is 1.88. The Kier molecular flexibility index (Phi) is 2.58. The molecule has 0 aromatic heterocycles. The van der Waals surface area contributed by atoms with Gasteiger partial charge in [0.05, 0.1) is 6.04 Å². The SMILES string of the molecule is Cc1ccc(C)c(C2Cc3cc(F)ccc3N2)c1. The van der Waals surface area contributed by atoms with Crippen molar-refractivity contribution in [3.63, 3.8) is 0 Å². The molecule has 0 amide bonds. The van der Waals surface area contributed by atoms with E-state index >= 15 is 0 Å². The molecule has 1 nitrogen and oxygen atoms in total. The van der Waals surface area contributed by atoms with Gasteiger partial charge in [-0.2, -0.15) is 0 Å². The first-order valence-electron chi connectivity index (χ1n) is 6.25. The Balaban J connectivity index is 1.96. The van der Waals surface area contributed by atoms with Gasteiger partial charge in [0.25, 0.3) is 0 Å². The monoisotopic (exact) mass is 241 g/mol. The maximum Gasteiger partial charge on any atom is 0.123 e. The number of fused-ring (bicyclic) bond motifs is 1. The zero-order valence-electron chi connectivity index (χ0n) is 10.6. The predicted molar refractivity (Wildman–Crippen MR) is 72.4 cm³/mol. The lowest BCUT2D eigenvalue weighted by Gasteiger charge is -2.15. The molecular weight excluding hydrogens is 225 g/mol. The fraction of sp³-hybridized carbons (Fsp3) is 0.250. The van der Waals surface area contributed by atoms with Crippen molar-refractivity contribution in [2.45, 2.75) is 26.3 Å². The number of nitrogens with one attached hydrogen (secondary N) is 1. The summed E-state index contributed by atoms with van der Waals surface area (Å²) in [5, 5.41) is 3.48. The van der Waals surface area contributed by atoms with Crippen LogP contribution in [0.4, 0.5) is 10.1 Å². The Bertz CT molecular complexity index is 604. The zero-order valence-corrected chi connectivity index (χ0v) is 10.6. The smallest absolute Gasteiger partial charge is 0.123 e. The van der Waals surface area contributed by atoms with E-state index in [1.165, 1.54) is 22.8 Å². The molecule has 2 aromatic rings. The Morgan fingerprint density at radius 2 is 1.94 bits per heavy atom. The molecule has 18 heavy (non-hydrogen) atoms. The molecule has 0 bridgehead atoms. The van der Waals surface area contributed by atoms with Gasteiger partial charge in [-0.15, -0.1) is 0 Å². The second kappa shape index (κ2) is 4.13. The van der Waals surface area contributed by atoms with E-state index < -0.39 is 0 Å². The molecule has 2 heteroatoms. The van der Waals surface area contributed by atoms with Crippen molar-refractivity contribution in [1.29, 1.82) is 0 Å². The van der Waals surface area contributed by atoms with Gasteiger partial charge in [-0.05, 0) is 55.2 Å². The molecule has 92 valence electrons. The van der Waals surface area contributed by atoms with Crippen LogP contribution >= 0.6 is 0 Å². The van der Waals surface area contributed by atoms with E-state index in [2.05, 4.69) is 37.4 Å². The van der Waals surface area contributed by atoms with Crippen molar-refractivity contribution in [2.24, 2.45) is 0 Å². The first-order chi connectivity index (χ1) is 8.63. The number of hydrogen-bond donors (Lipinski definition) is 1. The molecule has 1 aliphatic heterocycles. The van der Waals surface area contributed by atoms with E-state index in [9.17, 15) is 4.39 Å². The quantitative estimate of drug-likeness (QED) is 0.790. The molecule has 1 atom stereocenters. The first-order valence-corrected chi connectivity index (χ1v) is 6.25. The van der Waals surface area contributed by atoms with Crippen LogP contribution in [0, 0.1) is 19.7 Å². The standard InChI is InChI=1S/C16H16FN/c1-10-3-4-11(2)14(7-10)16-9-12-8-13(17)5-6-15(12)18-16/h3-8,16,18H,9H2,1-2H3. The second-order valence-corrected chi connectivity index (χ2v) is 5.06. The summed E-state index contributed by atoms with van der Waals surface area (Å²) in [7, 11) is 0. The summed E-state index contributed by atoms with van der Waals surface area (Å²) in [4.78, 5) is 0. The molecule has 0 spiro atoms. The first kappa shape index (κ1) is 11.3. The number of aryl methyl sites for hydroxylation is 2. The molecule has 0 aliphatic carbocycles. The molecule has 0 saturated carbocycles. The zero-order chi connectivity index (χ0) is 12.7. The summed E-state index contributed by atoms with van der Waals surface area (Å²) in [6.45, 7) is 4.23. The van der Waals surface area contributed by atoms with Gasteiger partial charge in [-0.1, -0.05) is 23.8 Å². The Labute approximate surface area is 107 Å². The average Bonchev–Trinajstić information content (AvgIpc) is 2.74. The average molecular weight is 241 g/mol. The van der Waals surface area contributed by atoms with Gasteiger partial charge in [0.1, 0.15) is 5.82 Å². The lowest BCUT2D eigenvalue weighted by molar-refractivity contribution is 0.626. The number of rotatable bonds is 1. The van der Waals surface area contributed by atoms with Crippen LogP contribution < -0.4 is 5.32 Å². The van der Waals surface area contributed by atoms with Gasteiger partial charge in [0.2, 0.25) is 0 Å². The normalized spacial score (nSPS) is 17.4. The summed E-state index contributed by atoms with van der Waals surface area (Å²) in [6, 6.07) is 11.7. The summed E-state index contributed by atoms with van der Waals surface area (Å²) >= 11 is 0. The van der Waals surface area contributed by atoms with Crippen molar-refractivity contribution in [2.75, 3.05) is 5.32 Å². The molecule has 1 N–H and O–H groups in total. The van der Waals surface area contributed by atoms with Crippen LogP contribution in [0.3, 0.4) is 0 Å². The topological polar surface area (TPSA) is 12.0 Å². The molecule has 1 aliphatic rings. The largest absolute Gasteiger partial charge is 0.378 e. The predicted octanol–water partition coefficient (Wildman–Crippen LogP) is 4.15. The highest BCUT2D eigenvalue weighted by molar-refractivity contribution is 5.59. The fourth-order valence-electron chi connectivity index (χ4n) is 2.65. The van der Waals surface area contributed by atoms with Gasteiger partial charge in [-0.25, -0.2) is 4.39 Å². The summed E-state index contributed by atoms with van der Waals surface area (Å²) in [6.07, 6.45) is 0.859. The van der Waals surface area contributed by atoms with Crippen LogP contribution in [-0.2, 0) is 6.42 Å². The van der Waals surface area contributed by atoms with E-state index in [0.717, 1.165) is 17.7 Å².